The van der Waals surface area contributed by atoms with Crippen molar-refractivity contribution >= 4 is 17.7 Å². The predicted molar refractivity (Wildman–Crippen MR) is 151 cm³/mol. The summed E-state index contributed by atoms with van der Waals surface area (Å²) in [4.78, 5) is 43.7. The third-order valence-electron chi connectivity index (χ3n) is 9.17. The van der Waals surface area contributed by atoms with E-state index in [2.05, 4.69) is 20.9 Å². The predicted octanol–water partition coefficient (Wildman–Crippen LogP) is -1.43. The molecule has 3 aliphatic heterocycles. The largest absolute Gasteiger partial charge is 0.388 e. The van der Waals surface area contributed by atoms with Gasteiger partial charge in [0.15, 0.2) is 6.10 Å². The van der Waals surface area contributed by atoms with Crippen molar-refractivity contribution in [2.45, 2.75) is 80.7 Å². The van der Waals surface area contributed by atoms with E-state index in [1.54, 1.807) is 23.0 Å². The number of hydrogen-bond donors (Lipinski definition) is 5. The summed E-state index contributed by atoms with van der Waals surface area (Å²) >= 11 is 0. The standard InChI is InChI=1S/C29H38FN7O7/c30-17-7-5-16(6-8-17)20-14-37(34-33-20)19-11-21-28(42)32-12-22-24(39)25(40)26(41)27(44-22)29(43)35(15-23(38)36(21)13-19)10-9-31-18-3-1-2-4-18/h5-8,14,18-19,21-22,24-27,31,39-41H,1-4,9-13,15H2,(H,32,42)/t19-,21-,22-,24-,25+,26+,27-/m0/s1. The number of aliphatic hydroxyl groups excluding tert-OH is 3. The molecule has 14 nitrogen and oxygen atoms in total. The first-order chi connectivity index (χ1) is 21.2. The summed E-state index contributed by atoms with van der Waals surface area (Å²) in [5.41, 5.74) is 1.16. The molecule has 238 valence electrons. The van der Waals surface area contributed by atoms with Gasteiger partial charge in [0.05, 0.1) is 18.8 Å². The van der Waals surface area contributed by atoms with Gasteiger partial charge < -0.3 is 40.5 Å². The number of nitrogens with one attached hydrogen (secondary N) is 2. The fourth-order valence-corrected chi connectivity index (χ4v) is 6.62. The van der Waals surface area contributed by atoms with Gasteiger partial charge in [-0.15, -0.1) is 5.10 Å². The summed E-state index contributed by atoms with van der Waals surface area (Å²) in [6, 6.07) is 4.80. The Labute approximate surface area is 253 Å². The summed E-state index contributed by atoms with van der Waals surface area (Å²) < 4.78 is 20.7. The number of carbonyl (C=O) groups excluding carboxylic acids is 3. The Bertz CT molecular complexity index is 1350. The quantitative estimate of drug-likeness (QED) is 0.258. The van der Waals surface area contributed by atoms with E-state index in [0.717, 1.165) is 25.7 Å². The first-order valence-electron chi connectivity index (χ1n) is 15.2. The number of nitrogens with zero attached hydrogens (tertiary/aromatic N) is 5. The molecule has 1 aliphatic carbocycles. The molecule has 1 aromatic carbocycles. The van der Waals surface area contributed by atoms with Gasteiger partial charge in [0.25, 0.3) is 5.91 Å². The zero-order valence-corrected chi connectivity index (χ0v) is 24.2. The fourth-order valence-electron chi connectivity index (χ4n) is 6.62. The lowest BCUT2D eigenvalue weighted by Crippen LogP contribution is -2.65. The highest BCUT2D eigenvalue weighted by Crippen LogP contribution is 2.30. The monoisotopic (exact) mass is 615 g/mol. The molecule has 44 heavy (non-hydrogen) atoms. The first-order valence-corrected chi connectivity index (χ1v) is 15.2. The van der Waals surface area contributed by atoms with Gasteiger partial charge in [0.1, 0.15) is 42.0 Å². The van der Waals surface area contributed by atoms with Crippen LogP contribution in [0.4, 0.5) is 4.39 Å². The van der Waals surface area contributed by atoms with Crippen LogP contribution in [-0.4, -0.2) is 133 Å². The number of aromatic nitrogens is 3. The molecule has 15 heteroatoms. The Balaban J connectivity index is 1.24. The number of rotatable bonds is 6. The molecule has 0 spiro atoms. The summed E-state index contributed by atoms with van der Waals surface area (Å²) in [5.74, 6) is -2.02. The summed E-state index contributed by atoms with van der Waals surface area (Å²) in [6.07, 6.45) is -1.47. The normalized spacial score (nSPS) is 31.9. The van der Waals surface area contributed by atoms with Crippen LogP contribution in [0.1, 0.15) is 38.1 Å². The zero-order chi connectivity index (χ0) is 31.0. The van der Waals surface area contributed by atoms with Gasteiger partial charge >= 0.3 is 0 Å². The van der Waals surface area contributed by atoms with Crippen LogP contribution in [0, 0.1) is 5.82 Å². The topological polar surface area (TPSA) is 182 Å². The summed E-state index contributed by atoms with van der Waals surface area (Å²) in [5, 5.41) is 46.3. The minimum absolute atomic E-state index is 0.124. The van der Waals surface area contributed by atoms with Crippen molar-refractivity contribution in [2.24, 2.45) is 0 Å². The third kappa shape index (κ3) is 6.19. The smallest absolute Gasteiger partial charge is 0.255 e. The molecular formula is C29H38FN7O7. The van der Waals surface area contributed by atoms with Crippen LogP contribution >= 0.6 is 0 Å². The Kier molecular flexibility index (Phi) is 8.91. The molecule has 7 atom stereocenters. The number of aliphatic hydroxyl groups is 3. The van der Waals surface area contributed by atoms with Crippen LogP contribution in [0.2, 0.25) is 0 Å². The van der Waals surface area contributed by atoms with Gasteiger partial charge in [-0.3, -0.25) is 14.4 Å². The molecule has 2 aromatic rings. The van der Waals surface area contributed by atoms with E-state index < -0.39 is 60.3 Å². The minimum Gasteiger partial charge on any atom is -0.388 e. The van der Waals surface area contributed by atoms with Crippen molar-refractivity contribution in [1.82, 2.24) is 35.4 Å². The second kappa shape index (κ2) is 12.9. The second-order valence-corrected chi connectivity index (χ2v) is 12.0. The number of carbonyl (C=O) groups is 3. The van der Waals surface area contributed by atoms with Crippen LogP contribution < -0.4 is 10.6 Å². The van der Waals surface area contributed by atoms with E-state index in [9.17, 15) is 34.1 Å². The van der Waals surface area contributed by atoms with Gasteiger partial charge in [-0.05, 0) is 37.1 Å². The Hall–Kier alpha value is -3.50. The number of amides is 3. The number of ether oxygens (including phenoxy) is 1. The van der Waals surface area contributed by atoms with Crippen molar-refractivity contribution in [1.29, 1.82) is 0 Å². The zero-order valence-electron chi connectivity index (χ0n) is 24.2. The van der Waals surface area contributed by atoms with Gasteiger partial charge in [0, 0.05) is 44.2 Å². The Morgan fingerprint density at radius 1 is 1.05 bits per heavy atom. The summed E-state index contributed by atoms with van der Waals surface area (Å²) in [6.45, 7) is 0.0284. The molecular weight excluding hydrogens is 577 g/mol. The van der Waals surface area contributed by atoms with Gasteiger partial charge in [-0.1, -0.05) is 18.1 Å². The van der Waals surface area contributed by atoms with E-state index in [1.807, 2.05) is 0 Å². The number of halogens is 1. The number of benzene rings is 1. The van der Waals surface area contributed by atoms with Crippen LogP contribution in [-0.2, 0) is 19.1 Å². The first kappa shape index (κ1) is 30.5. The highest BCUT2D eigenvalue weighted by atomic mass is 19.1. The molecule has 4 heterocycles. The van der Waals surface area contributed by atoms with Crippen molar-refractivity contribution in [3.8, 4) is 11.3 Å². The maximum atomic E-state index is 13.8. The van der Waals surface area contributed by atoms with Gasteiger partial charge in [-0.25, -0.2) is 9.07 Å². The average Bonchev–Trinajstić information content (AvgIpc) is 3.80. The highest BCUT2D eigenvalue weighted by Gasteiger charge is 2.49. The van der Waals surface area contributed by atoms with Crippen molar-refractivity contribution < 1.29 is 38.8 Å². The summed E-state index contributed by atoms with van der Waals surface area (Å²) in [7, 11) is 0. The van der Waals surface area contributed by atoms with E-state index in [0.29, 0.717) is 23.8 Å². The maximum Gasteiger partial charge on any atom is 0.255 e. The number of fused-ring (bicyclic) bond motifs is 3. The average molecular weight is 616 g/mol. The molecule has 2 bridgehead atoms. The molecule has 5 N–H and O–H groups in total. The Morgan fingerprint density at radius 2 is 1.80 bits per heavy atom. The van der Waals surface area contributed by atoms with Crippen molar-refractivity contribution in [3.05, 3.63) is 36.3 Å². The Morgan fingerprint density at radius 3 is 2.55 bits per heavy atom. The molecule has 4 aliphatic rings. The van der Waals surface area contributed by atoms with Crippen LogP contribution in [0.15, 0.2) is 30.5 Å². The lowest BCUT2D eigenvalue weighted by molar-refractivity contribution is -0.223. The molecule has 1 aromatic heterocycles. The lowest BCUT2D eigenvalue weighted by atomic mass is 9.93. The molecule has 4 fully saturated rings. The van der Waals surface area contributed by atoms with E-state index in [1.165, 1.54) is 21.9 Å². The maximum absolute atomic E-state index is 13.8. The van der Waals surface area contributed by atoms with Crippen LogP contribution in [0.5, 0.6) is 0 Å². The minimum atomic E-state index is -1.72. The van der Waals surface area contributed by atoms with Crippen LogP contribution in [0.3, 0.4) is 0 Å². The third-order valence-corrected chi connectivity index (χ3v) is 9.17. The lowest BCUT2D eigenvalue weighted by Gasteiger charge is -2.42. The van der Waals surface area contributed by atoms with Crippen molar-refractivity contribution in [2.75, 3.05) is 32.7 Å². The molecule has 6 rings (SSSR count). The van der Waals surface area contributed by atoms with Gasteiger partial charge in [0.2, 0.25) is 11.8 Å². The van der Waals surface area contributed by atoms with E-state index >= 15 is 0 Å². The van der Waals surface area contributed by atoms with E-state index in [4.69, 9.17) is 4.74 Å². The second-order valence-electron chi connectivity index (χ2n) is 12.0. The SMILES string of the molecule is O=C1NC[C@@H]2O[C@H](C(=O)N(CCNC3CCCC3)CC(=O)N3C[C@@H](n4cc(-c5ccc(F)cc5)nn4)C[C@@H]13)[C@H](O)[C@H](O)[C@H]2O. The highest BCUT2D eigenvalue weighted by molar-refractivity contribution is 5.92. The molecule has 0 radical (unpaired) electrons. The van der Waals surface area contributed by atoms with E-state index in [-0.39, 0.29) is 38.4 Å². The molecule has 1 saturated carbocycles. The molecule has 0 unspecified atom stereocenters. The fraction of sp³-hybridized carbons (Fsp3) is 0.621. The molecule has 3 amide bonds. The van der Waals surface area contributed by atoms with Gasteiger partial charge in [-0.2, -0.15) is 0 Å². The number of hydrogen-bond acceptors (Lipinski definition) is 10. The molecule has 3 saturated heterocycles. The van der Waals surface area contributed by atoms with Crippen LogP contribution in [0.25, 0.3) is 11.3 Å². The van der Waals surface area contributed by atoms with Crippen molar-refractivity contribution in [3.63, 3.8) is 0 Å².